The average Bonchev–Trinajstić information content (AvgIpc) is 2.38. The van der Waals surface area contributed by atoms with Crippen LogP contribution in [0, 0.1) is 0 Å². The van der Waals surface area contributed by atoms with Crippen molar-refractivity contribution in [2.75, 3.05) is 18.0 Å². The molecule has 3 heteroatoms. The first-order valence-corrected chi connectivity index (χ1v) is 7.52. The molecule has 1 aliphatic carbocycles. The van der Waals surface area contributed by atoms with Gasteiger partial charge in [-0.05, 0) is 43.5 Å². The molecule has 1 unspecified atom stereocenters. The van der Waals surface area contributed by atoms with Gasteiger partial charge in [-0.2, -0.15) is 0 Å². The second kappa shape index (κ2) is 4.84. The van der Waals surface area contributed by atoms with Crippen LogP contribution in [0.5, 0.6) is 0 Å². The Balaban J connectivity index is 1.91. The van der Waals surface area contributed by atoms with Crippen molar-refractivity contribution in [2.45, 2.75) is 38.3 Å². The van der Waals surface area contributed by atoms with Gasteiger partial charge >= 0.3 is 0 Å². The van der Waals surface area contributed by atoms with Gasteiger partial charge in [0.1, 0.15) is 0 Å². The van der Waals surface area contributed by atoms with E-state index in [1.165, 1.54) is 11.3 Å². The molecule has 0 amide bonds. The van der Waals surface area contributed by atoms with Crippen molar-refractivity contribution in [1.82, 2.24) is 5.32 Å². The van der Waals surface area contributed by atoms with Gasteiger partial charge in [0.15, 0.2) is 0 Å². The molecule has 1 spiro atoms. The molecule has 1 aromatic carbocycles. The van der Waals surface area contributed by atoms with Crippen molar-refractivity contribution in [2.24, 2.45) is 0 Å². The summed E-state index contributed by atoms with van der Waals surface area (Å²) < 4.78 is 0. The van der Waals surface area contributed by atoms with Crippen molar-refractivity contribution in [1.29, 1.82) is 0 Å². The van der Waals surface area contributed by atoms with Crippen LogP contribution in [0.4, 0.5) is 5.69 Å². The molecule has 1 heterocycles. The van der Waals surface area contributed by atoms with Crippen molar-refractivity contribution in [3.8, 4) is 0 Å². The molecule has 3 rings (SSSR count). The largest absolute Gasteiger partial charge is 0.365 e. The molecule has 0 radical (unpaired) electrons. The van der Waals surface area contributed by atoms with Crippen LogP contribution in [0.15, 0.2) is 30.4 Å². The van der Waals surface area contributed by atoms with Crippen molar-refractivity contribution in [3.63, 3.8) is 0 Å². The number of hydrogen-bond donors (Lipinski definition) is 1. The lowest BCUT2D eigenvalue weighted by Gasteiger charge is -2.51. The number of aryl methyl sites for hydroxylation is 1. The predicted molar refractivity (Wildman–Crippen MR) is 82.1 cm³/mol. The van der Waals surface area contributed by atoms with E-state index in [1.54, 1.807) is 0 Å². The van der Waals surface area contributed by atoms with Gasteiger partial charge in [0.2, 0.25) is 0 Å². The van der Waals surface area contributed by atoms with Crippen LogP contribution >= 0.6 is 11.6 Å². The minimum Gasteiger partial charge on any atom is -0.365 e. The Morgan fingerprint density at radius 3 is 2.89 bits per heavy atom. The third kappa shape index (κ3) is 2.07. The summed E-state index contributed by atoms with van der Waals surface area (Å²) in [4.78, 5) is 2.51. The monoisotopic (exact) mass is 276 g/mol. The van der Waals surface area contributed by atoms with Gasteiger partial charge in [0, 0.05) is 29.8 Å². The molecule has 0 aromatic heterocycles. The van der Waals surface area contributed by atoms with E-state index in [4.69, 9.17) is 11.6 Å². The topological polar surface area (TPSA) is 15.3 Å². The Morgan fingerprint density at radius 1 is 1.47 bits per heavy atom. The first kappa shape index (κ1) is 13.0. The SMILES string of the molecule is CCc1cc(N2CCNC3(C=CC3)[C@@H]2C)ccc1Cl. The zero-order valence-corrected chi connectivity index (χ0v) is 12.4. The zero-order valence-electron chi connectivity index (χ0n) is 11.6. The number of nitrogens with zero attached hydrogens (tertiary/aromatic N) is 1. The molecule has 1 aliphatic heterocycles. The summed E-state index contributed by atoms with van der Waals surface area (Å²) in [7, 11) is 0. The maximum Gasteiger partial charge on any atom is 0.0603 e. The third-order valence-corrected chi connectivity index (χ3v) is 5.00. The molecule has 1 saturated heterocycles. The van der Waals surface area contributed by atoms with Crippen LogP contribution in [0.3, 0.4) is 0 Å². The number of halogens is 1. The quantitative estimate of drug-likeness (QED) is 0.833. The molecule has 19 heavy (non-hydrogen) atoms. The van der Waals surface area contributed by atoms with Crippen molar-refractivity contribution < 1.29 is 0 Å². The molecular weight excluding hydrogens is 256 g/mol. The standard InChI is InChI=1S/C16H21ClN2/c1-3-13-11-14(5-6-15(13)17)19-10-9-18-16(12(19)2)7-4-8-16/h4-7,11-12,18H,3,8-10H2,1-2H3/t12-,16?/m0/s1. The first-order chi connectivity index (χ1) is 9.16. The lowest BCUT2D eigenvalue weighted by atomic mass is 9.77. The van der Waals surface area contributed by atoms with E-state index in [2.05, 4.69) is 48.3 Å². The van der Waals surface area contributed by atoms with E-state index in [1.807, 2.05) is 6.07 Å². The number of nitrogens with one attached hydrogen (secondary N) is 1. The molecule has 102 valence electrons. The highest BCUT2D eigenvalue weighted by atomic mass is 35.5. The molecule has 0 bridgehead atoms. The fourth-order valence-electron chi connectivity index (χ4n) is 3.20. The summed E-state index contributed by atoms with van der Waals surface area (Å²) in [5.74, 6) is 0. The number of piperazine rings is 1. The Bertz CT molecular complexity index is 511. The highest BCUT2D eigenvalue weighted by Crippen LogP contribution is 2.35. The van der Waals surface area contributed by atoms with E-state index in [0.29, 0.717) is 6.04 Å². The summed E-state index contributed by atoms with van der Waals surface area (Å²) in [5, 5.41) is 4.55. The summed E-state index contributed by atoms with van der Waals surface area (Å²) in [5.41, 5.74) is 2.72. The predicted octanol–water partition coefficient (Wildman–Crippen LogP) is 3.40. The van der Waals surface area contributed by atoms with Gasteiger partial charge in [0.25, 0.3) is 0 Å². The number of hydrogen-bond acceptors (Lipinski definition) is 2. The highest BCUT2D eigenvalue weighted by molar-refractivity contribution is 6.31. The fourth-order valence-corrected chi connectivity index (χ4v) is 3.46. The van der Waals surface area contributed by atoms with Gasteiger partial charge in [-0.15, -0.1) is 0 Å². The molecule has 1 N–H and O–H groups in total. The summed E-state index contributed by atoms with van der Waals surface area (Å²) in [6.07, 6.45) is 6.70. The molecule has 2 atom stereocenters. The average molecular weight is 277 g/mol. The van der Waals surface area contributed by atoms with E-state index in [9.17, 15) is 0 Å². The molecular formula is C16H21ClN2. The molecule has 2 nitrogen and oxygen atoms in total. The maximum absolute atomic E-state index is 6.22. The Labute approximate surface area is 120 Å². The van der Waals surface area contributed by atoms with Gasteiger partial charge in [-0.1, -0.05) is 30.7 Å². The van der Waals surface area contributed by atoms with E-state index >= 15 is 0 Å². The number of rotatable bonds is 2. The smallest absolute Gasteiger partial charge is 0.0603 e. The highest BCUT2D eigenvalue weighted by Gasteiger charge is 2.42. The van der Waals surface area contributed by atoms with E-state index in [0.717, 1.165) is 31.0 Å². The molecule has 1 fully saturated rings. The fraction of sp³-hybridized carbons (Fsp3) is 0.500. The maximum atomic E-state index is 6.22. The molecule has 0 saturated carbocycles. The first-order valence-electron chi connectivity index (χ1n) is 7.14. The molecule has 1 aromatic rings. The summed E-state index contributed by atoms with van der Waals surface area (Å²) in [6.45, 7) is 6.57. The number of benzene rings is 1. The lowest BCUT2D eigenvalue weighted by molar-refractivity contribution is 0.276. The van der Waals surface area contributed by atoms with Crippen LogP contribution in [-0.4, -0.2) is 24.7 Å². The Hall–Kier alpha value is -0.990. The Kier molecular flexibility index (Phi) is 3.32. The van der Waals surface area contributed by atoms with Crippen molar-refractivity contribution >= 4 is 17.3 Å². The van der Waals surface area contributed by atoms with Crippen LogP contribution in [0.25, 0.3) is 0 Å². The minimum absolute atomic E-state index is 0.185. The number of anilines is 1. The van der Waals surface area contributed by atoms with E-state index in [-0.39, 0.29) is 5.54 Å². The van der Waals surface area contributed by atoms with Gasteiger partial charge < -0.3 is 10.2 Å². The Morgan fingerprint density at radius 2 is 2.26 bits per heavy atom. The van der Waals surface area contributed by atoms with Gasteiger partial charge in [-0.3, -0.25) is 0 Å². The van der Waals surface area contributed by atoms with Gasteiger partial charge in [0.05, 0.1) is 5.54 Å². The minimum atomic E-state index is 0.185. The van der Waals surface area contributed by atoms with Crippen LogP contribution < -0.4 is 10.2 Å². The van der Waals surface area contributed by atoms with Crippen molar-refractivity contribution in [3.05, 3.63) is 40.9 Å². The third-order valence-electron chi connectivity index (χ3n) is 4.63. The van der Waals surface area contributed by atoms with Gasteiger partial charge in [-0.25, -0.2) is 0 Å². The lowest BCUT2D eigenvalue weighted by Crippen LogP contribution is -2.67. The van der Waals surface area contributed by atoms with Crippen LogP contribution in [0.1, 0.15) is 25.8 Å². The zero-order chi connectivity index (χ0) is 13.5. The van der Waals surface area contributed by atoms with E-state index < -0.39 is 0 Å². The second-order valence-electron chi connectivity index (χ2n) is 5.57. The summed E-state index contributed by atoms with van der Waals surface area (Å²) >= 11 is 6.22. The summed E-state index contributed by atoms with van der Waals surface area (Å²) in [6, 6.07) is 6.92. The van der Waals surface area contributed by atoms with Crippen LogP contribution in [0.2, 0.25) is 5.02 Å². The molecule has 2 aliphatic rings. The normalized spacial score (nSPS) is 29.6. The second-order valence-corrected chi connectivity index (χ2v) is 5.98. The van der Waals surface area contributed by atoms with Crippen LogP contribution in [-0.2, 0) is 6.42 Å².